The first-order valence-corrected chi connectivity index (χ1v) is 14.9. The summed E-state index contributed by atoms with van der Waals surface area (Å²) >= 11 is 0. The lowest BCUT2D eigenvalue weighted by Gasteiger charge is -2.37. The van der Waals surface area contributed by atoms with Gasteiger partial charge in [0.2, 0.25) is 0 Å². The predicted octanol–water partition coefficient (Wildman–Crippen LogP) is 7.11. The molecule has 0 unspecified atom stereocenters. The van der Waals surface area contributed by atoms with Gasteiger partial charge in [-0.1, -0.05) is 42.0 Å². The summed E-state index contributed by atoms with van der Waals surface area (Å²) in [6.45, 7) is 2.27. The maximum absolute atomic E-state index is 13.2. The van der Waals surface area contributed by atoms with Gasteiger partial charge in [-0.2, -0.15) is 0 Å². The zero-order valence-electron chi connectivity index (χ0n) is 22.4. The van der Waals surface area contributed by atoms with E-state index in [2.05, 4.69) is 22.2 Å². The summed E-state index contributed by atoms with van der Waals surface area (Å²) < 4.78 is 35.0. The molecule has 41 heavy (non-hydrogen) atoms. The molecular weight excluding hydrogens is 538 g/mol. The molecule has 4 aromatic rings. The Morgan fingerprint density at radius 2 is 1.71 bits per heavy atom. The molecule has 0 bridgehead atoms. The number of nitrogens with one attached hydrogen (secondary N) is 2. The number of benzene rings is 4. The first-order chi connectivity index (χ1) is 19.8. The average molecular weight is 568 g/mol. The van der Waals surface area contributed by atoms with Crippen LogP contribution in [0.25, 0.3) is 0 Å². The first kappa shape index (κ1) is 26.6. The Balaban J connectivity index is 1.17. The standard InChI is InChI=1S/C32H29N3O5S/c1-21-5-11-24(12-6-21)34-41(38,39)27-17-18-31-30(19-27)28-3-2-4-29(28)32(33-31)23-9-15-26(16-10-23)40-20-22-7-13-25(14-8-22)35(36)37/h2-3,5-19,28-29,32-34H,4,20H2,1H3/t28-,29+,32+/m0/s1. The maximum atomic E-state index is 13.2. The van der Waals surface area contributed by atoms with E-state index in [1.54, 1.807) is 36.4 Å². The third kappa shape index (κ3) is 5.53. The molecule has 0 saturated carbocycles. The van der Waals surface area contributed by atoms with Crippen molar-refractivity contribution in [3.8, 4) is 5.75 Å². The lowest BCUT2D eigenvalue weighted by atomic mass is 9.77. The summed E-state index contributed by atoms with van der Waals surface area (Å²) in [6, 6.07) is 26.9. The number of sulfonamides is 1. The highest BCUT2D eigenvalue weighted by atomic mass is 32.2. The molecule has 3 atom stereocenters. The molecule has 0 fully saturated rings. The van der Waals surface area contributed by atoms with E-state index in [0.29, 0.717) is 18.0 Å². The Bertz CT molecular complexity index is 1720. The van der Waals surface area contributed by atoms with Gasteiger partial charge in [0.25, 0.3) is 15.7 Å². The summed E-state index contributed by atoms with van der Waals surface area (Å²) in [4.78, 5) is 10.7. The maximum Gasteiger partial charge on any atom is 0.269 e. The van der Waals surface area contributed by atoms with Crippen LogP contribution in [-0.2, 0) is 16.6 Å². The van der Waals surface area contributed by atoms with E-state index in [1.165, 1.54) is 12.1 Å². The Morgan fingerprint density at radius 3 is 2.41 bits per heavy atom. The Hall–Kier alpha value is -4.63. The van der Waals surface area contributed by atoms with Gasteiger partial charge in [0.1, 0.15) is 12.4 Å². The van der Waals surface area contributed by atoms with Gasteiger partial charge in [-0.15, -0.1) is 0 Å². The van der Waals surface area contributed by atoms with Gasteiger partial charge in [0, 0.05) is 29.4 Å². The molecule has 8 nitrogen and oxygen atoms in total. The fourth-order valence-electron chi connectivity index (χ4n) is 5.56. The average Bonchev–Trinajstić information content (AvgIpc) is 3.48. The number of nitro benzene ring substituents is 1. The summed E-state index contributed by atoms with van der Waals surface area (Å²) in [6.07, 6.45) is 5.24. The van der Waals surface area contributed by atoms with Crippen LogP contribution < -0.4 is 14.8 Å². The van der Waals surface area contributed by atoms with Crippen molar-refractivity contribution in [2.45, 2.75) is 36.8 Å². The molecular formula is C32H29N3O5S. The van der Waals surface area contributed by atoms with Crippen LogP contribution in [0.5, 0.6) is 5.75 Å². The number of allylic oxidation sites excluding steroid dienone is 2. The molecule has 0 aromatic heterocycles. The number of aryl methyl sites for hydroxylation is 1. The predicted molar refractivity (Wildman–Crippen MR) is 159 cm³/mol. The molecule has 1 aliphatic carbocycles. The second-order valence-electron chi connectivity index (χ2n) is 10.5. The van der Waals surface area contributed by atoms with E-state index >= 15 is 0 Å². The van der Waals surface area contributed by atoms with E-state index in [-0.39, 0.29) is 28.5 Å². The van der Waals surface area contributed by atoms with E-state index in [0.717, 1.165) is 34.4 Å². The van der Waals surface area contributed by atoms with Gasteiger partial charge in [0.15, 0.2) is 0 Å². The molecule has 0 spiro atoms. The first-order valence-electron chi connectivity index (χ1n) is 13.4. The third-order valence-electron chi connectivity index (χ3n) is 7.74. The van der Waals surface area contributed by atoms with Crippen LogP contribution in [0.15, 0.2) is 108 Å². The van der Waals surface area contributed by atoms with Crippen molar-refractivity contribution in [1.82, 2.24) is 0 Å². The van der Waals surface area contributed by atoms with Gasteiger partial charge in [-0.3, -0.25) is 14.8 Å². The fourth-order valence-corrected chi connectivity index (χ4v) is 6.65. The van der Waals surface area contributed by atoms with Crippen LogP contribution in [-0.4, -0.2) is 13.3 Å². The Morgan fingerprint density at radius 1 is 0.976 bits per heavy atom. The van der Waals surface area contributed by atoms with Gasteiger partial charge in [-0.05, 0) is 90.6 Å². The minimum Gasteiger partial charge on any atom is -0.489 e. The lowest BCUT2D eigenvalue weighted by Crippen LogP contribution is -2.29. The number of rotatable bonds is 8. The fraction of sp³-hybridized carbons (Fsp3) is 0.188. The Labute approximate surface area is 238 Å². The van der Waals surface area contributed by atoms with Gasteiger partial charge in [-0.25, -0.2) is 8.42 Å². The molecule has 208 valence electrons. The van der Waals surface area contributed by atoms with E-state index in [1.807, 2.05) is 49.4 Å². The van der Waals surface area contributed by atoms with Crippen molar-refractivity contribution in [3.63, 3.8) is 0 Å². The number of hydrogen-bond donors (Lipinski definition) is 2. The van der Waals surface area contributed by atoms with Crippen LogP contribution in [0.1, 0.15) is 40.6 Å². The summed E-state index contributed by atoms with van der Waals surface area (Å²) in [5.41, 5.74) is 5.52. The molecule has 9 heteroatoms. The number of fused-ring (bicyclic) bond motifs is 3. The summed E-state index contributed by atoms with van der Waals surface area (Å²) in [5, 5.41) is 14.5. The molecule has 1 heterocycles. The van der Waals surface area contributed by atoms with Crippen LogP contribution >= 0.6 is 0 Å². The molecule has 0 amide bonds. The molecule has 0 saturated heterocycles. The molecule has 1 aliphatic heterocycles. The monoisotopic (exact) mass is 567 g/mol. The number of hydrogen-bond acceptors (Lipinski definition) is 6. The van der Waals surface area contributed by atoms with Crippen molar-refractivity contribution < 1.29 is 18.1 Å². The smallest absolute Gasteiger partial charge is 0.269 e. The van der Waals surface area contributed by atoms with Crippen molar-refractivity contribution >= 4 is 27.1 Å². The van der Waals surface area contributed by atoms with Crippen LogP contribution in [0.3, 0.4) is 0 Å². The van der Waals surface area contributed by atoms with Crippen molar-refractivity contribution in [3.05, 3.63) is 136 Å². The van der Waals surface area contributed by atoms with Crippen molar-refractivity contribution in [2.24, 2.45) is 5.92 Å². The second-order valence-corrected chi connectivity index (χ2v) is 12.2. The summed E-state index contributed by atoms with van der Waals surface area (Å²) in [7, 11) is -3.74. The zero-order chi connectivity index (χ0) is 28.6. The number of ether oxygens (including phenoxy) is 1. The van der Waals surface area contributed by atoms with Crippen LogP contribution in [0.4, 0.5) is 17.1 Å². The zero-order valence-corrected chi connectivity index (χ0v) is 23.2. The number of nitro groups is 1. The lowest BCUT2D eigenvalue weighted by molar-refractivity contribution is -0.384. The normalized spacial score (nSPS) is 19.1. The topological polar surface area (TPSA) is 111 Å². The van der Waals surface area contributed by atoms with Crippen molar-refractivity contribution in [1.29, 1.82) is 0 Å². The van der Waals surface area contributed by atoms with Gasteiger partial charge in [0.05, 0.1) is 15.9 Å². The van der Waals surface area contributed by atoms with E-state index in [9.17, 15) is 18.5 Å². The molecule has 4 aromatic carbocycles. The number of anilines is 2. The number of non-ortho nitro benzene ring substituents is 1. The van der Waals surface area contributed by atoms with Crippen molar-refractivity contribution in [2.75, 3.05) is 10.0 Å². The Kier molecular flexibility index (Phi) is 6.96. The SMILES string of the molecule is Cc1ccc(NS(=O)(=O)c2ccc3c(c2)[C@H]2C=CC[C@H]2[C@@H](c2ccc(OCc4ccc([N+](=O)[O-])cc4)cc2)N3)cc1. The second kappa shape index (κ2) is 10.7. The largest absolute Gasteiger partial charge is 0.489 e. The molecule has 6 rings (SSSR count). The van der Waals surface area contributed by atoms with Gasteiger partial charge < -0.3 is 10.1 Å². The highest BCUT2D eigenvalue weighted by Crippen LogP contribution is 2.50. The molecule has 2 N–H and O–H groups in total. The molecule has 0 radical (unpaired) electrons. The minimum atomic E-state index is -3.74. The summed E-state index contributed by atoms with van der Waals surface area (Å²) in [5.74, 6) is 1.06. The minimum absolute atomic E-state index is 0.0520. The van der Waals surface area contributed by atoms with E-state index in [4.69, 9.17) is 4.74 Å². The van der Waals surface area contributed by atoms with E-state index < -0.39 is 14.9 Å². The third-order valence-corrected chi connectivity index (χ3v) is 9.12. The van der Waals surface area contributed by atoms with Gasteiger partial charge >= 0.3 is 0 Å². The van der Waals surface area contributed by atoms with Crippen LogP contribution in [0, 0.1) is 23.0 Å². The highest BCUT2D eigenvalue weighted by Gasteiger charge is 2.38. The van der Waals surface area contributed by atoms with Crippen LogP contribution in [0.2, 0.25) is 0 Å². The highest BCUT2D eigenvalue weighted by molar-refractivity contribution is 7.92. The quantitative estimate of drug-likeness (QED) is 0.133. The number of nitrogens with zero attached hydrogens (tertiary/aromatic N) is 1. The molecule has 2 aliphatic rings.